The number of rotatable bonds is 5. The maximum Gasteiger partial charge on any atom is 0.145 e. The summed E-state index contributed by atoms with van der Waals surface area (Å²) < 4.78 is 6.69. The van der Waals surface area contributed by atoms with Gasteiger partial charge >= 0.3 is 0 Å². The Kier molecular flexibility index (Phi) is 5.09. The van der Waals surface area contributed by atoms with Crippen molar-refractivity contribution in [2.45, 2.75) is 13.3 Å². The van der Waals surface area contributed by atoms with Crippen LogP contribution in [-0.4, -0.2) is 32.1 Å². The Bertz CT molecular complexity index is 330. The van der Waals surface area contributed by atoms with E-state index in [-0.39, 0.29) is 0 Å². The summed E-state index contributed by atoms with van der Waals surface area (Å²) in [6.07, 6.45) is 1.00. The Labute approximate surface area is 106 Å². The van der Waals surface area contributed by atoms with Gasteiger partial charge in [-0.15, -0.1) is 0 Å². The first-order valence-electron chi connectivity index (χ1n) is 5.34. The summed E-state index contributed by atoms with van der Waals surface area (Å²) >= 11 is 3.41. The minimum Gasteiger partial charge on any atom is -0.491 e. The number of ether oxygens (including phenoxy) is 1. The van der Waals surface area contributed by atoms with Crippen LogP contribution in [0.3, 0.4) is 0 Å². The molecule has 0 heterocycles. The van der Waals surface area contributed by atoms with E-state index in [0.29, 0.717) is 12.3 Å². The van der Waals surface area contributed by atoms with Crippen molar-refractivity contribution in [1.82, 2.24) is 4.90 Å². The molecular formula is C12H19BrN2O. The zero-order valence-electron chi connectivity index (χ0n) is 10.1. The third-order valence-corrected chi connectivity index (χ3v) is 2.72. The highest BCUT2D eigenvalue weighted by Gasteiger charge is 2.06. The summed E-state index contributed by atoms with van der Waals surface area (Å²) in [4.78, 5) is 2.14. The molecule has 4 heteroatoms. The number of hydrogen-bond donors (Lipinski definition) is 1. The summed E-state index contributed by atoms with van der Waals surface area (Å²) in [5.41, 5.74) is 7.66. The van der Waals surface area contributed by atoms with Gasteiger partial charge in [0, 0.05) is 11.0 Å². The summed E-state index contributed by atoms with van der Waals surface area (Å²) in [6, 6.07) is 3.88. The van der Waals surface area contributed by atoms with Crippen molar-refractivity contribution in [2.75, 3.05) is 33.0 Å². The van der Waals surface area contributed by atoms with Crippen molar-refractivity contribution in [3.63, 3.8) is 0 Å². The fraction of sp³-hybridized carbons (Fsp3) is 0.500. The lowest BCUT2D eigenvalue weighted by Gasteiger charge is -2.14. The predicted octanol–water partition coefficient (Wildman–Crippen LogP) is 2.67. The highest BCUT2D eigenvalue weighted by atomic mass is 79.9. The van der Waals surface area contributed by atoms with Crippen molar-refractivity contribution < 1.29 is 4.74 Å². The van der Waals surface area contributed by atoms with Gasteiger partial charge < -0.3 is 15.4 Å². The van der Waals surface area contributed by atoms with Gasteiger partial charge in [-0.05, 0) is 45.1 Å². The summed E-state index contributed by atoms with van der Waals surface area (Å²) in [6.45, 7) is 3.72. The smallest absolute Gasteiger partial charge is 0.145 e. The maximum atomic E-state index is 5.90. The van der Waals surface area contributed by atoms with E-state index in [9.17, 15) is 0 Å². The average Bonchev–Trinajstić information content (AvgIpc) is 2.14. The van der Waals surface area contributed by atoms with Crippen LogP contribution in [0.4, 0.5) is 5.69 Å². The Morgan fingerprint density at radius 3 is 2.62 bits per heavy atom. The van der Waals surface area contributed by atoms with Gasteiger partial charge in [-0.2, -0.15) is 0 Å². The zero-order valence-corrected chi connectivity index (χ0v) is 11.7. The number of nitrogens with zero attached hydrogens (tertiary/aromatic N) is 1. The molecule has 3 nitrogen and oxygen atoms in total. The van der Waals surface area contributed by atoms with Crippen LogP contribution in [0.5, 0.6) is 5.75 Å². The van der Waals surface area contributed by atoms with E-state index in [0.717, 1.165) is 28.8 Å². The van der Waals surface area contributed by atoms with Crippen LogP contribution in [0.1, 0.15) is 12.0 Å². The number of aryl methyl sites for hydroxylation is 1. The average molecular weight is 287 g/mol. The van der Waals surface area contributed by atoms with Gasteiger partial charge in [0.15, 0.2) is 0 Å². The van der Waals surface area contributed by atoms with Gasteiger partial charge in [-0.3, -0.25) is 0 Å². The van der Waals surface area contributed by atoms with Crippen LogP contribution in [0.25, 0.3) is 0 Å². The Hall–Kier alpha value is -0.740. The standard InChI is InChI=1S/C12H19BrN2O/c1-9-7-10(13)8-11(14)12(9)16-6-4-5-15(2)3/h7-8H,4-6,14H2,1-3H3. The number of nitrogen functional groups attached to an aromatic ring is 1. The fourth-order valence-electron chi connectivity index (χ4n) is 1.51. The maximum absolute atomic E-state index is 5.90. The van der Waals surface area contributed by atoms with Crippen molar-refractivity contribution in [2.24, 2.45) is 0 Å². The van der Waals surface area contributed by atoms with E-state index in [2.05, 4.69) is 34.9 Å². The minimum absolute atomic E-state index is 0.691. The number of benzene rings is 1. The molecule has 0 radical (unpaired) electrons. The predicted molar refractivity (Wildman–Crippen MR) is 72.0 cm³/mol. The second-order valence-corrected chi connectivity index (χ2v) is 5.06. The normalized spacial score (nSPS) is 10.8. The molecule has 0 aliphatic carbocycles. The molecule has 0 aliphatic rings. The van der Waals surface area contributed by atoms with Crippen LogP contribution < -0.4 is 10.5 Å². The largest absolute Gasteiger partial charge is 0.491 e. The molecule has 0 aromatic heterocycles. The molecule has 0 amide bonds. The molecule has 0 bridgehead atoms. The molecule has 1 rings (SSSR count). The van der Waals surface area contributed by atoms with Gasteiger partial charge in [-0.1, -0.05) is 15.9 Å². The van der Waals surface area contributed by atoms with Gasteiger partial charge in [0.2, 0.25) is 0 Å². The van der Waals surface area contributed by atoms with Crippen LogP contribution in [-0.2, 0) is 0 Å². The van der Waals surface area contributed by atoms with Crippen LogP contribution in [0.2, 0.25) is 0 Å². The Morgan fingerprint density at radius 2 is 2.06 bits per heavy atom. The van der Waals surface area contributed by atoms with Crippen molar-refractivity contribution in [1.29, 1.82) is 0 Å². The quantitative estimate of drug-likeness (QED) is 0.668. The molecule has 1 aromatic rings. The topological polar surface area (TPSA) is 38.5 Å². The fourth-order valence-corrected chi connectivity index (χ4v) is 2.10. The van der Waals surface area contributed by atoms with E-state index >= 15 is 0 Å². The SMILES string of the molecule is Cc1cc(Br)cc(N)c1OCCCN(C)C. The third-order valence-electron chi connectivity index (χ3n) is 2.26. The Morgan fingerprint density at radius 1 is 1.38 bits per heavy atom. The number of anilines is 1. The zero-order chi connectivity index (χ0) is 12.1. The first-order chi connectivity index (χ1) is 7.50. The molecular weight excluding hydrogens is 268 g/mol. The Balaban J connectivity index is 2.54. The number of nitrogens with two attached hydrogens (primary N) is 1. The van der Waals surface area contributed by atoms with Gasteiger partial charge in [-0.25, -0.2) is 0 Å². The molecule has 0 saturated carbocycles. The molecule has 0 saturated heterocycles. The first-order valence-corrected chi connectivity index (χ1v) is 6.13. The summed E-state index contributed by atoms with van der Waals surface area (Å²) in [7, 11) is 4.11. The van der Waals surface area contributed by atoms with E-state index in [1.807, 2.05) is 19.1 Å². The molecule has 0 unspecified atom stereocenters. The van der Waals surface area contributed by atoms with Crippen molar-refractivity contribution in [3.8, 4) is 5.75 Å². The molecule has 0 aliphatic heterocycles. The molecule has 2 N–H and O–H groups in total. The van der Waals surface area contributed by atoms with Gasteiger partial charge in [0.05, 0.1) is 12.3 Å². The lowest BCUT2D eigenvalue weighted by atomic mass is 10.2. The van der Waals surface area contributed by atoms with E-state index in [1.165, 1.54) is 0 Å². The van der Waals surface area contributed by atoms with E-state index in [1.54, 1.807) is 0 Å². The second kappa shape index (κ2) is 6.11. The van der Waals surface area contributed by atoms with Gasteiger partial charge in [0.25, 0.3) is 0 Å². The monoisotopic (exact) mass is 286 g/mol. The highest BCUT2D eigenvalue weighted by molar-refractivity contribution is 9.10. The lowest BCUT2D eigenvalue weighted by molar-refractivity contribution is 0.281. The summed E-state index contributed by atoms with van der Waals surface area (Å²) in [5.74, 6) is 0.807. The molecule has 0 spiro atoms. The van der Waals surface area contributed by atoms with Crippen LogP contribution >= 0.6 is 15.9 Å². The molecule has 0 atom stereocenters. The molecule has 0 fully saturated rings. The third kappa shape index (κ3) is 4.02. The minimum atomic E-state index is 0.691. The molecule has 1 aromatic carbocycles. The highest BCUT2D eigenvalue weighted by Crippen LogP contribution is 2.29. The van der Waals surface area contributed by atoms with E-state index in [4.69, 9.17) is 10.5 Å². The van der Waals surface area contributed by atoms with Crippen LogP contribution in [0, 0.1) is 6.92 Å². The molecule has 90 valence electrons. The van der Waals surface area contributed by atoms with E-state index < -0.39 is 0 Å². The first kappa shape index (κ1) is 13.3. The number of hydrogen-bond acceptors (Lipinski definition) is 3. The van der Waals surface area contributed by atoms with Crippen molar-refractivity contribution >= 4 is 21.6 Å². The second-order valence-electron chi connectivity index (χ2n) is 4.15. The number of halogens is 1. The summed E-state index contributed by atoms with van der Waals surface area (Å²) in [5, 5.41) is 0. The molecule has 16 heavy (non-hydrogen) atoms. The van der Waals surface area contributed by atoms with Crippen molar-refractivity contribution in [3.05, 3.63) is 22.2 Å². The lowest BCUT2D eigenvalue weighted by Crippen LogP contribution is -2.16. The van der Waals surface area contributed by atoms with Crippen LogP contribution in [0.15, 0.2) is 16.6 Å². The van der Waals surface area contributed by atoms with Gasteiger partial charge in [0.1, 0.15) is 5.75 Å².